The molecule has 3 nitrogen and oxygen atoms in total. The first-order valence-electron chi connectivity index (χ1n) is 5.80. The van der Waals surface area contributed by atoms with E-state index in [1.165, 1.54) is 0 Å². The van der Waals surface area contributed by atoms with Crippen molar-refractivity contribution >= 4 is 5.97 Å². The molecule has 0 bridgehead atoms. The Balaban J connectivity index is 3.25. The maximum Gasteiger partial charge on any atom is 0.304 e. The number of ether oxygens (including phenoxy) is 1. The molecule has 17 heavy (non-hydrogen) atoms. The molecule has 3 heteroatoms. The van der Waals surface area contributed by atoms with E-state index in [9.17, 15) is 4.79 Å². The average Bonchev–Trinajstić information content (AvgIpc) is 2.26. The molecule has 1 rings (SSSR count). The van der Waals surface area contributed by atoms with Gasteiger partial charge in [-0.1, -0.05) is 32.9 Å². The van der Waals surface area contributed by atoms with Crippen LogP contribution < -0.4 is 4.74 Å². The summed E-state index contributed by atoms with van der Waals surface area (Å²) in [6.45, 7) is 5.96. The van der Waals surface area contributed by atoms with Crippen LogP contribution in [0.3, 0.4) is 0 Å². The smallest absolute Gasteiger partial charge is 0.304 e. The predicted molar refractivity (Wildman–Crippen MR) is 67.7 cm³/mol. The summed E-state index contributed by atoms with van der Waals surface area (Å²) in [5.74, 6) is 0.0586. The van der Waals surface area contributed by atoms with E-state index in [-0.39, 0.29) is 11.8 Å². The summed E-state index contributed by atoms with van der Waals surface area (Å²) >= 11 is 0. The number of hydrogen-bond acceptors (Lipinski definition) is 2. The third-order valence-electron chi connectivity index (χ3n) is 3.03. The maximum absolute atomic E-state index is 10.9. The molecule has 0 atom stereocenters. The van der Waals surface area contributed by atoms with E-state index in [2.05, 4.69) is 6.92 Å². The number of carboxylic acid groups (broad SMARTS) is 1. The summed E-state index contributed by atoms with van der Waals surface area (Å²) in [5, 5.41) is 8.97. The summed E-state index contributed by atoms with van der Waals surface area (Å²) in [5.41, 5.74) is 1.77. The summed E-state index contributed by atoms with van der Waals surface area (Å²) in [6, 6.07) is 5.82. The molecule has 0 fully saturated rings. The first-order valence-corrected chi connectivity index (χ1v) is 5.80. The first kappa shape index (κ1) is 13.6. The fourth-order valence-corrected chi connectivity index (χ4v) is 2.23. The molecule has 0 aliphatic rings. The van der Waals surface area contributed by atoms with Gasteiger partial charge < -0.3 is 9.84 Å². The number of rotatable bonds is 5. The average molecular weight is 236 g/mol. The second-order valence-electron chi connectivity index (χ2n) is 4.79. The van der Waals surface area contributed by atoms with Crippen molar-refractivity contribution in [2.24, 2.45) is 0 Å². The van der Waals surface area contributed by atoms with Crippen LogP contribution in [0.2, 0.25) is 0 Å². The molecule has 0 aromatic heterocycles. The van der Waals surface area contributed by atoms with Gasteiger partial charge in [-0.2, -0.15) is 0 Å². The van der Waals surface area contributed by atoms with Crippen molar-refractivity contribution in [3.05, 3.63) is 29.3 Å². The Hall–Kier alpha value is -1.51. The van der Waals surface area contributed by atoms with Gasteiger partial charge in [0.15, 0.2) is 0 Å². The van der Waals surface area contributed by atoms with Crippen LogP contribution in [0.4, 0.5) is 0 Å². The zero-order valence-electron chi connectivity index (χ0n) is 10.9. The quantitative estimate of drug-likeness (QED) is 0.854. The molecule has 0 saturated carbocycles. The highest BCUT2D eigenvalue weighted by Crippen LogP contribution is 2.34. The van der Waals surface area contributed by atoms with Gasteiger partial charge >= 0.3 is 5.97 Å². The normalized spacial score (nSPS) is 11.3. The van der Waals surface area contributed by atoms with E-state index >= 15 is 0 Å². The molecular weight excluding hydrogens is 216 g/mol. The van der Waals surface area contributed by atoms with Crippen molar-refractivity contribution in [1.29, 1.82) is 0 Å². The number of methoxy groups -OCH3 is 1. The van der Waals surface area contributed by atoms with Gasteiger partial charge in [0.1, 0.15) is 5.75 Å². The van der Waals surface area contributed by atoms with Crippen LogP contribution in [-0.4, -0.2) is 18.2 Å². The molecule has 1 N–H and O–H groups in total. The Kier molecular flexibility index (Phi) is 4.16. The van der Waals surface area contributed by atoms with Gasteiger partial charge in [-0.25, -0.2) is 0 Å². The lowest BCUT2D eigenvalue weighted by Crippen LogP contribution is -2.23. The third-order valence-corrected chi connectivity index (χ3v) is 3.03. The van der Waals surface area contributed by atoms with Gasteiger partial charge in [0, 0.05) is 5.41 Å². The monoisotopic (exact) mass is 236 g/mol. The van der Waals surface area contributed by atoms with E-state index in [4.69, 9.17) is 9.84 Å². The van der Waals surface area contributed by atoms with Crippen LogP contribution >= 0.6 is 0 Å². The molecule has 0 amide bonds. The van der Waals surface area contributed by atoms with E-state index in [0.717, 1.165) is 23.3 Å². The summed E-state index contributed by atoms with van der Waals surface area (Å²) in [7, 11) is 1.64. The van der Waals surface area contributed by atoms with Crippen LogP contribution in [0.5, 0.6) is 5.75 Å². The fraction of sp³-hybridized carbons (Fsp3) is 0.500. The Morgan fingerprint density at radius 2 is 2.06 bits per heavy atom. The number of carboxylic acids is 1. The van der Waals surface area contributed by atoms with E-state index in [1.807, 2.05) is 32.0 Å². The topological polar surface area (TPSA) is 46.5 Å². The molecule has 0 saturated heterocycles. The summed E-state index contributed by atoms with van der Waals surface area (Å²) < 4.78 is 5.33. The standard InChI is InChI=1S/C14H20O3/c1-5-10-11(7-6-8-12(10)17-4)14(2,3)9-13(15)16/h6-8H,5,9H2,1-4H3,(H,15,16). The van der Waals surface area contributed by atoms with E-state index < -0.39 is 5.97 Å². The van der Waals surface area contributed by atoms with E-state index in [0.29, 0.717) is 0 Å². The Labute approximate surface area is 102 Å². The van der Waals surface area contributed by atoms with Crippen molar-refractivity contribution in [1.82, 2.24) is 0 Å². The Morgan fingerprint density at radius 3 is 2.53 bits per heavy atom. The van der Waals surface area contributed by atoms with Crippen LogP contribution in [0.25, 0.3) is 0 Å². The highest BCUT2D eigenvalue weighted by Gasteiger charge is 2.27. The maximum atomic E-state index is 10.9. The highest BCUT2D eigenvalue weighted by molar-refractivity contribution is 5.69. The SMILES string of the molecule is CCc1c(OC)cccc1C(C)(C)CC(=O)O. The second kappa shape index (κ2) is 5.21. The Bertz CT molecular complexity index is 408. The molecule has 0 aliphatic carbocycles. The van der Waals surface area contributed by atoms with Crippen molar-refractivity contribution in [2.45, 2.75) is 39.0 Å². The minimum absolute atomic E-state index is 0.118. The van der Waals surface area contributed by atoms with Gasteiger partial charge in [0.05, 0.1) is 13.5 Å². The van der Waals surface area contributed by atoms with Gasteiger partial charge in [-0.15, -0.1) is 0 Å². The number of aliphatic carboxylic acids is 1. The first-order chi connectivity index (χ1) is 7.92. The Morgan fingerprint density at radius 1 is 1.41 bits per heavy atom. The third kappa shape index (κ3) is 2.99. The summed E-state index contributed by atoms with van der Waals surface area (Å²) in [6.07, 6.45) is 0.954. The van der Waals surface area contributed by atoms with Crippen molar-refractivity contribution in [3.8, 4) is 5.75 Å². The number of carbonyl (C=O) groups is 1. The van der Waals surface area contributed by atoms with Crippen molar-refractivity contribution in [2.75, 3.05) is 7.11 Å². The lowest BCUT2D eigenvalue weighted by molar-refractivity contribution is -0.138. The molecule has 94 valence electrons. The van der Waals surface area contributed by atoms with Crippen LogP contribution in [0, 0.1) is 0 Å². The van der Waals surface area contributed by atoms with Crippen LogP contribution in [-0.2, 0) is 16.6 Å². The molecular formula is C14H20O3. The minimum atomic E-state index is -0.778. The van der Waals surface area contributed by atoms with Gasteiger partial charge in [-0.05, 0) is 23.6 Å². The zero-order chi connectivity index (χ0) is 13.1. The lowest BCUT2D eigenvalue weighted by Gasteiger charge is -2.27. The molecule has 0 aliphatic heterocycles. The van der Waals surface area contributed by atoms with Gasteiger partial charge in [-0.3, -0.25) is 4.79 Å². The van der Waals surface area contributed by atoms with Crippen molar-refractivity contribution < 1.29 is 14.6 Å². The number of hydrogen-bond donors (Lipinski definition) is 1. The van der Waals surface area contributed by atoms with Gasteiger partial charge in [0.25, 0.3) is 0 Å². The number of benzene rings is 1. The molecule has 1 aromatic carbocycles. The second-order valence-corrected chi connectivity index (χ2v) is 4.79. The minimum Gasteiger partial charge on any atom is -0.496 e. The largest absolute Gasteiger partial charge is 0.496 e. The molecule has 0 radical (unpaired) electrons. The van der Waals surface area contributed by atoms with Crippen LogP contribution in [0.1, 0.15) is 38.3 Å². The van der Waals surface area contributed by atoms with E-state index in [1.54, 1.807) is 7.11 Å². The summed E-state index contributed by atoms with van der Waals surface area (Å²) in [4.78, 5) is 10.9. The fourth-order valence-electron chi connectivity index (χ4n) is 2.23. The molecule has 0 spiro atoms. The molecule has 1 aromatic rings. The zero-order valence-corrected chi connectivity index (χ0v) is 10.9. The predicted octanol–water partition coefficient (Wildman–Crippen LogP) is 3.01. The highest BCUT2D eigenvalue weighted by atomic mass is 16.5. The van der Waals surface area contributed by atoms with Crippen LogP contribution in [0.15, 0.2) is 18.2 Å². The molecule has 0 unspecified atom stereocenters. The van der Waals surface area contributed by atoms with Gasteiger partial charge in [0.2, 0.25) is 0 Å². The van der Waals surface area contributed by atoms with Crippen molar-refractivity contribution in [3.63, 3.8) is 0 Å². The lowest BCUT2D eigenvalue weighted by atomic mass is 9.78. The molecule has 0 heterocycles.